The smallest absolute Gasteiger partial charge is 0.261 e. The number of halogens is 6. The van der Waals surface area contributed by atoms with Crippen LogP contribution in [0.1, 0.15) is 10.4 Å². The Morgan fingerprint density at radius 3 is 1.86 bits per heavy atom. The van der Waals surface area contributed by atoms with Crippen molar-refractivity contribution in [2.24, 2.45) is 0 Å². The van der Waals surface area contributed by atoms with Gasteiger partial charge in [0.05, 0.1) is 11.9 Å². The molecule has 3 nitrogen and oxygen atoms in total. The van der Waals surface area contributed by atoms with Crippen molar-refractivity contribution in [2.45, 2.75) is 0 Å². The Balaban J connectivity index is 2.42. The van der Waals surface area contributed by atoms with Gasteiger partial charge in [0, 0.05) is 0 Å². The lowest BCUT2D eigenvalue weighted by Gasteiger charge is -2.08. The number of carbonyl (C=O) groups excluding carboxylic acids is 1. The van der Waals surface area contributed by atoms with Crippen molar-refractivity contribution in [3.8, 4) is 0 Å². The number of pyridine rings is 1. The number of nitrogens with zero attached hydrogens (tertiary/aromatic N) is 1. The monoisotopic (exact) mass is 306 g/mol. The lowest BCUT2D eigenvalue weighted by atomic mass is 10.1. The minimum absolute atomic E-state index is 0.189. The molecule has 1 aromatic heterocycles. The average Bonchev–Trinajstić information content (AvgIpc) is 2.46. The number of aromatic nitrogens is 1. The Bertz CT molecular complexity index is 688. The molecule has 9 heteroatoms. The third kappa shape index (κ3) is 2.67. The lowest BCUT2D eigenvalue weighted by molar-refractivity contribution is 0.101. The molecule has 0 spiro atoms. The maximum atomic E-state index is 13.4. The fourth-order valence-electron chi connectivity index (χ4n) is 1.45. The predicted octanol–water partition coefficient (Wildman–Crippen LogP) is 3.17. The van der Waals surface area contributed by atoms with Crippen LogP contribution in [0.3, 0.4) is 0 Å². The summed E-state index contributed by atoms with van der Waals surface area (Å²) in [6, 6.07) is 1.82. The Morgan fingerprint density at radius 2 is 1.38 bits per heavy atom. The molecule has 1 amide bonds. The van der Waals surface area contributed by atoms with Crippen LogP contribution < -0.4 is 5.32 Å². The minimum Gasteiger partial charge on any atom is -0.320 e. The molecule has 0 atom stereocenters. The summed E-state index contributed by atoms with van der Waals surface area (Å²) in [7, 11) is 0. The number of anilines is 1. The highest BCUT2D eigenvalue weighted by Gasteiger charge is 2.29. The van der Waals surface area contributed by atoms with Crippen molar-refractivity contribution < 1.29 is 31.1 Å². The average molecular weight is 306 g/mol. The number of nitrogens with one attached hydrogen (secondary N) is 1. The number of hydrogen-bond acceptors (Lipinski definition) is 2. The normalized spacial score (nSPS) is 10.6. The van der Waals surface area contributed by atoms with Crippen molar-refractivity contribution >= 4 is 11.6 Å². The highest BCUT2D eigenvalue weighted by atomic mass is 19.2. The van der Waals surface area contributed by atoms with E-state index in [0.29, 0.717) is 0 Å². The van der Waals surface area contributed by atoms with Crippen LogP contribution in [0.25, 0.3) is 0 Å². The summed E-state index contributed by atoms with van der Waals surface area (Å²) in [5, 5.41) is 1.84. The summed E-state index contributed by atoms with van der Waals surface area (Å²) < 4.78 is 78.0. The van der Waals surface area contributed by atoms with E-state index in [9.17, 15) is 31.1 Å². The van der Waals surface area contributed by atoms with E-state index in [1.165, 1.54) is 0 Å². The summed E-state index contributed by atoms with van der Waals surface area (Å²) in [5.74, 6) is -13.9. The Kier molecular flexibility index (Phi) is 3.83. The molecule has 0 aliphatic heterocycles. The zero-order valence-electron chi connectivity index (χ0n) is 9.86. The Hall–Kier alpha value is -2.58. The lowest BCUT2D eigenvalue weighted by Crippen LogP contribution is -2.19. The van der Waals surface area contributed by atoms with Crippen LogP contribution in [0.2, 0.25) is 0 Å². The van der Waals surface area contributed by atoms with Gasteiger partial charge in [0.1, 0.15) is 5.56 Å². The zero-order chi connectivity index (χ0) is 15.7. The topological polar surface area (TPSA) is 42.0 Å². The molecule has 0 saturated heterocycles. The van der Waals surface area contributed by atoms with Crippen molar-refractivity contribution in [1.29, 1.82) is 0 Å². The second kappa shape index (κ2) is 5.43. The van der Waals surface area contributed by atoms with E-state index >= 15 is 0 Å². The minimum atomic E-state index is -2.37. The van der Waals surface area contributed by atoms with Gasteiger partial charge in [-0.15, -0.1) is 0 Å². The molecule has 0 fully saturated rings. The number of hydrogen-bond donors (Lipinski definition) is 1. The highest BCUT2D eigenvalue weighted by molar-refractivity contribution is 6.04. The Morgan fingerprint density at radius 1 is 0.857 bits per heavy atom. The van der Waals surface area contributed by atoms with E-state index in [4.69, 9.17) is 0 Å². The van der Waals surface area contributed by atoms with Gasteiger partial charge < -0.3 is 5.32 Å². The van der Waals surface area contributed by atoms with Crippen molar-refractivity contribution in [2.75, 3.05) is 5.32 Å². The molecule has 0 saturated carbocycles. The van der Waals surface area contributed by atoms with Crippen LogP contribution in [0.15, 0.2) is 18.3 Å². The molecule has 110 valence electrons. The standard InChI is InChI=1S/C12H4F6N2O/c13-5-2-1-4(3-19-5)20-12(21)6-7(14)9(16)11(18)10(17)8(6)15/h1-3H,(H,20,21). The van der Waals surface area contributed by atoms with Gasteiger partial charge in [-0.05, 0) is 12.1 Å². The predicted molar refractivity (Wildman–Crippen MR) is 58.4 cm³/mol. The molecule has 0 aliphatic rings. The molecular weight excluding hydrogens is 302 g/mol. The molecule has 0 bridgehead atoms. The molecular formula is C12H4F6N2O. The maximum absolute atomic E-state index is 13.4. The summed E-state index contributed by atoms with van der Waals surface area (Å²) in [4.78, 5) is 14.7. The van der Waals surface area contributed by atoms with E-state index in [1.807, 2.05) is 5.32 Å². The van der Waals surface area contributed by atoms with Crippen LogP contribution in [0.4, 0.5) is 32.0 Å². The molecule has 2 aromatic rings. The van der Waals surface area contributed by atoms with Gasteiger partial charge in [0.25, 0.3) is 5.91 Å². The quantitative estimate of drug-likeness (QED) is 0.401. The number of amides is 1. The van der Waals surface area contributed by atoms with Gasteiger partial charge in [-0.25, -0.2) is 26.9 Å². The van der Waals surface area contributed by atoms with Crippen LogP contribution in [-0.2, 0) is 0 Å². The van der Waals surface area contributed by atoms with Crippen LogP contribution in [0.5, 0.6) is 0 Å². The van der Waals surface area contributed by atoms with Crippen LogP contribution in [0, 0.1) is 35.0 Å². The molecule has 1 N–H and O–H groups in total. The highest BCUT2D eigenvalue weighted by Crippen LogP contribution is 2.23. The SMILES string of the molecule is O=C(Nc1ccc(F)nc1)c1c(F)c(F)c(F)c(F)c1F. The van der Waals surface area contributed by atoms with Crippen molar-refractivity contribution in [1.82, 2.24) is 4.98 Å². The first kappa shape index (κ1) is 14.8. The molecule has 2 rings (SSSR count). The largest absolute Gasteiger partial charge is 0.320 e. The fraction of sp³-hybridized carbons (Fsp3) is 0. The van der Waals surface area contributed by atoms with Gasteiger partial charge in [0.15, 0.2) is 23.3 Å². The molecule has 0 unspecified atom stereocenters. The third-order valence-corrected chi connectivity index (χ3v) is 2.42. The van der Waals surface area contributed by atoms with Gasteiger partial charge in [-0.3, -0.25) is 4.79 Å². The van der Waals surface area contributed by atoms with Crippen molar-refractivity contribution in [3.05, 3.63) is 58.9 Å². The third-order valence-electron chi connectivity index (χ3n) is 2.42. The number of carbonyl (C=O) groups is 1. The summed E-state index contributed by atoms with van der Waals surface area (Å²) >= 11 is 0. The summed E-state index contributed by atoms with van der Waals surface area (Å²) in [6.45, 7) is 0. The van der Waals surface area contributed by atoms with Crippen LogP contribution in [-0.4, -0.2) is 10.9 Å². The first-order valence-corrected chi connectivity index (χ1v) is 5.27. The summed E-state index contributed by atoms with van der Waals surface area (Å²) in [5.41, 5.74) is -1.83. The summed E-state index contributed by atoms with van der Waals surface area (Å²) in [6.07, 6.45) is 0.805. The van der Waals surface area contributed by atoms with E-state index in [-0.39, 0.29) is 5.69 Å². The van der Waals surface area contributed by atoms with Gasteiger partial charge in [-0.2, -0.15) is 4.39 Å². The molecule has 0 radical (unpaired) electrons. The number of rotatable bonds is 2. The molecule has 1 aromatic carbocycles. The zero-order valence-corrected chi connectivity index (χ0v) is 9.86. The fourth-order valence-corrected chi connectivity index (χ4v) is 1.45. The number of benzene rings is 1. The van der Waals surface area contributed by atoms with E-state index < -0.39 is 46.5 Å². The van der Waals surface area contributed by atoms with E-state index in [2.05, 4.69) is 4.98 Å². The van der Waals surface area contributed by atoms with E-state index in [1.54, 1.807) is 0 Å². The maximum Gasteiger partial charge on any atom is 0.261 e. The molecule has 21 heavy (non-hydrogen) atoms. The van der Waals surface area contributed by atoms with Gasteiger partial charge in [-0.1, -0.05) is 0 Å². The first-order chi connectivity index (χ1) is 9.82. The van der Waals surface area contributed by atoms with Gasteiger partial charge in [0.2, 0.25) is 11.8 Å². The first-order valence-electron chi connectivity index (χ1n) is 5.27. The second-order valence-electron chi connectivity index (χ2n) is 3.77. The van der Waals surface area contributed by atoms with Gasteiger partial charge >= 0.3 is 0 Å². The van der Waals surface area contributed by atoms with E-state index in [0.717, 1.165) is 18.3 Å². The van der Waals surface area contributed by atoms with Crippen molar-refractivity contribution in [3.63, 3.8) is 0 Å². The van der Waals surface area contributed by atoms with Crippen LogP contribution >= 0.6 is 0 Å². The Labute approximate surface area is 113 Å². The second-order valence-corrected chi connectivity index (χ2v) is 3.77. The molecule has 0 aliphatic carbocycles. The molecule has 1 heterocycles.